The summed E-state index contributed by atoms with van der Waals surface area (Å²) in [5, 5.41) is 3.88. The van der Waals surface area contributed by atoms with Gasteiger partial charge in [-0.3, -0.25) is 4.79 Å². The van der Waals surface area contributed by atoms with E-state index in [2.05, 4.69) is 5.16 Å². The molecule has 2 rings (SSSR count). The molecule has 0 saturated carbocycles. The second-order valence-corrected chi connectivity index (χ2v) is 4.90. The number of amides is 1. The average molecular weight is 312 g/mol. The highest BCUT2D eigenvalue weighted by Gasteiger charge is 2.16. The second-order valence-electron chi connectivity index (χ2n) is 4.90. The zero-order chi connectivity index (χ0) is 16.3. The lowest BCUT2D eigenvalue weighted by atomic mass is 10.1. The molecule has 1 heterocycles. The van der Waals surface area contributed by atoms with Crippen LogP contribution in [-0.2, 0) is 24.3 Å². The first-order chi connectivity index (χ1) is 10.5. The molecule has 0 bridgehead atoms. The summed E-state index contributed by atoms with van der Waals surface area (Å²) in [6.07, 6.45) is 1.20. The molecule has 0 aliphatic heterocycles. The van der Waals surface area contributed by atoms with Crippen LogP contribution in [0.4, 0.5) is 13.2 Å². The lowest BCUT2D eigenvalue weighted by molar-refractivity contribution is -0.119. The maximum atomic E-state index is 13.2. The van der Waals surface area contributed by atoms with Gasteiger partial charge < -0.3 is 9.42 Å². The summed E-state index contributed by atoms with van der Waals surface area (Å²) >= 11 is 0. The molecule has 0 radical (unpaired) electrons. The number of carbonyl (C=O) groups is 1. The Bertz CT molecular complexity index is 662. The minimum atomic E-state index is -1.52. The summed E-state index contributed by atoms with van der Waals surface area (Å²) in [6, 6.07) is 1.74. The van der Waals surface area contributed by atoms with Crippen molar-refractivity contribution in [3.63, 3.8) is 0 Å². The van der Waals surface area contributed by atoms with Gasteiger partial charge >= 0.3 is 0 Å². The van der Waals surface area contributed by atoms with Crippen molar-refractivity contribution in [2.75, 3.05) is 0 Å². The van der Waals surface area contributed by atoms with Gasteiger partial charge in [0.1, 0.15) is 5.76 Å². The molecule has 0 spiro atoms. The quantitative estimate of drug-likeness (QED) is 0.608. The van der Waals surface area contributed by atoms with Gasteiger partial charge in [0.2, 0.25) is 6.41 Å². The van der Waals surface area contributed by atoms with Gasteiger partial charge in [-0.15, -0.1) is 0 Å². The van der Waals surface area contributed by atoms with Crippen molar-refractivity contribution in [2.45, 2.75) is 33.4 Å². The standard InChI is InChI=1S/C15H15F3N2O2/c1-3-14-11(9(2)22-19-14)7-20(8-21)6-10-4-12(16)15(18)13(17)5-10/h4-5,8H,3,6-7H2,1-2H3. The smallest absolute Gasteiger partial charge is 0.210 e. The summed E-state index contributed by atoms with van der Waals surface area (Å²) in [5.41, 5.74) is 1.65. The number of benzene rings is 1. The maximum Gasteiger partial charge on any atom is 0.210 e. The normalized spacial score (nSPS) is 10.8. The van der Waals surface area contributed by atoms with Crippen LogP contribution in [0.15, 0.2) is 16.7 Å². The Hall–Kier alpha value is -2.31. The maximum absolute atomic E-state index is 13.2. The highest BCUT2D eigenvalue weighted by molar-refractivity contribution is 5.48. The molecule has 0 aliphatic rings. The molecule has 0 fully saturated rings. The minimum Gasteiger partial charge on any atom is -0.361 e. The van der Waals surface area contributed by atoms with E-state index < -0.39 is 17.5 Å². The highest BCUT2D eigenvalue weighted by atomic mass is 19.2. The Morgan fingerprint density at radius 2 is 1.86 bits per heavy atom. The first kappa shape index (κ1) is 16.1. The molecule has 7 heteroatoms. The van der Waals surface area contributed by atoms with E-state index in [1.54, 1.807) is 6.92 Å². The van der Waals surface area contributed by atoms with Crippen molar-refractivity contribution >= 4 is 6.41 Å². The predicted molar refractivity (Wildman–Crippen MR) is 72.2 cm³/mol. The average Bonchev–Trinajstić information content (AvgIpc) is 2.84. The highest BCUT2D eigenvalue weighted by Crippen LogP contribution is 2.19. The van der Waals surface area contributed by atoms with Gasteiger partial charge in [0.25, 0.3) is 0 Å². The van der Waals surface area contributed by atoms with Crippen LogP contribution >= 0.6 is 0 Å². The number of nitrogens with zero attached hydrogens (tertiary/aromatic N) is 2. The van der Waals surface area contributed by atoms with Crippen LogP contribution in [0.5, 0.6) is 0 Å². The van der Waals surface area contributed by atoms with Crippen LogP contribution in [0.3, 0.4) is 0 Å². The fraction of sp³-hybridized carbons (Fsp3) is 0.333. The third-order valence-electron chi connectivity index (χ3n) is 3.34. The third kappa shape index (κ3) is 3.29. The summed E-state index contributed by atoms with van der Waals surface area (Å²) in [4.78, 5) is 12.5. The van der Waals surface area contributed by atoms with Gasteiger partial charge in [0, 0.05) is 12.1 Å². The number of rotatable bonds is 6. The van der Waals surface area contributed by atoms with E-state index in [1.165, 1.54) is 4.90 Å². The largest absolute Gasteiger partial charge is 0.361 e. The van der Waals surface area contributed by atoms with Crippen LogP contribution in [0, 0.1) is 24.4 Å². The van der Waals surface area contributed by atoms with Crippen molar-refractivity contribution in [2.24, 2.45) is 0 Å². The first-order valence-corrected chi connectivity index (χ1v) is 6.73. The van der Waals surface area contributed by atoms with Crippen molar-refractivity contribution < 1.29 is 22.5 Å². The minimum absolute atomic E-state index is 0.0502. The van der Waals surface area contributed by atoms with Gasteiger partial charge in [-0.05, 0) is 31.0 Å². The van der Waals surface area contributed by atoms with E-state index in [0.717, 1.165) is 23.4 Å². The summed E-state index contributed by atoms with van der Waals surface area (Å²) < 4.78 is 44.4. The molecule has 0 N–H and O–H groups in total. The van der Waals surface area contributed by atoms with Gasteiger partial charge in [-0.25, -0.2) is 13.2 Å². The fourth-order valence-electron chi connectivity index (χ4n) is 2.18. The molecule has 22 heavy (non-hydrogen) atoms. The number of aromatic nitrogens is 1. The number of hydrogen-bond donors (Lipinski definition) is 0. The van der Waals surface area contributed by atoms with Crippen LogP contribution in [0.25, 0.3) is 0 Å². The monoisotopic (exact) mass is 312 g/mol. The van der Waals surface area contributed by atoms with Crippen molar-refractivity contribution in [3.8, 4) is 0 Å². The number of carbonyl (C=O) groups excluding carboxylic acids is 1. The molecule has 4 nitrogen and oxygen atoms in total. The number of halogens is 3. The predicted octanol–water partition coefficient (Wildman–Crippen LogP) is 3.12. The Morgan fingerprint density at radius 3 is 2.41 bits per heavy atom. The zero-order valence-corrected chi connectivity index (χ0v) is 12.2. The SMILES string of the molecule is CCc1noc(C)c1CN(C=O)Cc1cc(F)c(F)c(F)c1. The van der Waals surface area contributed by atoms with Gasteiger partial charge in [-0.2, -0.15) is 0 Å². The van der Waals surface area contributed by atoms with Crippen LogP contribution < -0.4 is 0 Å². The van der Waals surface area contributed by atoms with Gasteiger partial charge in [-0.1, -0.05) is 12.1 Å². The molecule has 0 aliphatic carbocycles. The second kappa shape index (κ2) is 6.64. The molecular weight excluding hydrogens is 297 g/mol. The first-order valence-electron chi connectivity index (χ1n) is 6.73. The Balaban J connectivity index is 2.19. The molecule has 1 amide bonds. The number of hydrogen-bond acceptors (Lipinski definition) is 3. The molecule has 0 saturated heterocycles. The van der Waals surface area contributed by atoms with Crippen LogP contribution in [0.2, 0.25) is 0 Å². The topological polar surface area (TPSA) is 46.3 Å². The Morgan fingerprint density at radius 1 is 1.23 bits per heavy atom. The third-order valence-corrected chi connectivity index (χ3v) is 3.34. The molecule has 0 atom stereocenters. The summed E-state index contributed by atoms with van der Waals surface area (Å²) in [7, 11) is 0. The molecule has 1 aromatic carbocycles. The van der Waals surface area contributed by atoms with Gasteiger partial charge in [0.15, 0.2) is 17.5 Å². The molecule has 118 valence electrons. The van der Waals surface area contributed by atoms with E-state index >= 15 is 0 Å². The Kier molecular flexibility index (Phi) is 4.85. The van der Waals surface area contributed by atoms with Crippen molar-refractivity contribution in [1.82, 2.24) is 10.1 Å². The van der Waals surface area contributed by atoms with E-state index in [1.807, 2.05) is 6.92 Å². The molecule has 2 aromatic rings. The lowest BCUT2D eigenvalue weighted by Crippen LogP contribution is -2.22. The van der Waals surface area contributed by atoms with Crippen LogP contribution in [0.1, 0.15) is 29.5 Å². The van der Waals surface area contributed by atoms with Crippen molar-refractivity contribution in [1.29, 1.82) is 0 Å². The van der Waals surface area contributed by atoms with Crippen LogP contribution in [-0.4, -0.2) is 16.5 Å². The molecular formula is C15H15F3N2O2. The lowest BCUT2D eigenvalue weighted by Gasteiger charge is -2.17. The fourth-order valence-corrected chi connectivity index (χ4v) is 2.18. The van der Waals surface area contributed by atoms with Crippen molar-refractivity contribution in [3.05, 3.63) is 52.2 Å². The Labute approximate surface area is 125 Å². The summed E-state index contributed by atoms with van der Waals surface area (Å²) in [6.45, 7) is 3.77. The number of aryl methyl sites for hydroxylation is 2. The zero-order valence-electron chi connectivity index (χ0n) is 12.2. The van der Waals surface area contributed by atoms with E-state index in [0.29, 0.717) is 18.6 Å². The summed E-state index contributed by atoms with van der Waals surface area (Å²) in [5.74, 6) is -3.50. The van der Waals surface area contributed by atoms with Gasteiger partial charge in [0.05, 0.1) is 12.2 Å². The van der Waals surface area contributed by atoms with E-state index in [9.17, 15) is 18.0 Å². The van der Waals surface area contributed by atoms with E-state index in [4.69, 9.17) is 4.52 Å². The molecule has 0 unspecified atom stereocenters. The molecule has 1 aromatic heterocycles. The van der Waals surface area contributed by atoms with E-state index in [-0.39, 0.29) is 18.7 Å².